The van der Waals surface area contributed by atoms with E-state index in [0.29, 0.717) is 29.8 Å². The number of amides is 2. The van der Waals surface area contributed by atoms with Crippen LogP contribution in [0.1, 0.15) is 40.9 Å². The number of nitriles is 1. The monoisotopic (exact) mass is 476 g/mol. The van der Waals surface area contributed by atoms with Gasteiger partial charge in [-0.15, -0.1) is 0 Å². The summed E-state index contributed by atoms with van der Waals surface area (Å²) in [6, 6.07) is 7.71. The SMILES string of the molecule is Cc1cc(N2C(=O)C3(CCC3)N(c3ccc(C(=O)Nc4ncco4)c(F)c3)C2=S)cnc1C#N. The molecule has 9 nitrogen and oxygen atoms in total. The van der Waals surface area contributed by atoms with Crippen LogP contribution in [0.2, 0.25) is 0 Å². The Labute approximate surface area is 198 Å². The number of pyridine rings is 1. The van der Waals surface area contributed by atoms with Gasteiger partial charge in [-0.25, -0.2) is 14.4 Å². The zero-order valence-electron chi connectivity index (χ0n) is 17.9. The molecule has 0 unspecified atom stereocenters. The van der Waals surface area contributed by atoms with Crippen LogP contribution in [-0.2, 0) is 4.79 Å². The maximum atomic E-state index is 15.0. The maximum absolute atomic E-state index is 15.0. The quantitative estimate of drug-likeness (QED) is 0.567. The standard InChI is InChI=1S/C23H17FN6O3S/c1-13-9-15(12-27-18(13)11-25)29-20(32)23(5-2-6-23)30(22(29)34)14-3-4-16(17(24)10-14)19(31)28-21-26-7-8-33-21/h3-4,7-10,12H,2,5-6H2,1H3,(H,26,28,31). The number of benzene rings is 1. The van der Waals surface area contributed by atoms with Gasteiger partial charge in [-0.05, 0) is 68.2 Å². The van der Waals surface area contributed by atoms with Gasteiger partial charge in [-0.3, -0.25) is 19.8 Å². The lowest BCUT2D eigenvalue weighted by Crippen LogP contribution is -2.55. The second-order valence-electron chi connectivity index (χ2n) is 8.07. The number of rotatable bonds is 4. The van der Waals surface area contributed by atoms with Gasteiger partial charge in [0.15, 0.2) is 5.11 Å². The van der Waals surface area contributed by atoms with E-state index < -0.39 is 17.3 Å². The molecule has 1 spiro atoms. The summed E-state index contributed by atoms with van der Waals surface area (Å²) in [5.74, 6) is -1.72. The van der Waals surface area contributed by atoms with E-state index >= 15 is 4.39 Å². The number of halogens is 1. The lowest BCUT2D eigenvalue weighted by molar-refractivity contribution is -0.123. The van der Waals surface area contributed by atoms with Crippen LogP contribution in [0.4, 0.5) is 21.8 Å². The first kappa shape index (κ1) is 21.7. The summed E-state index contributed by atoms with van der Waals surface area (Å²) in [4.78, 5) is 36.9. The summed E-state index contributed by atoms with van der Waals surface area (Å²) in [6.45, 7) is 1.73. The number of carbonyl (C=O) groups excluding carboxylic acids is 2. The van der Waals surface area contributed by atoms with Gasteiger partial charge in [0.1, 0.15) is 29.4 Å². The first-order chi connectivity index (χ1) is 16.4. The number of hydrogen-bond donors (Lipinski definition) is 1. The largest absolute Gasteiger partial charge is 0.432 e. The molecule has 2 fully saturated rings. The number of carbonyl (C=O) groups is 2. The van der Waals surface area contributed by atoms with Crippen LogP contribution < -0.4 is 15.1 Å². The van der Waals surface area contributed by atoms with Crippen molar-refractivity contribution in [3.63, 3.8) is 0 Å². The predicted octanol–water partition coefficient (Wildman–Crippen LogP) is 3.70. The number of oxazole rings is 1. The third-order valence-corrected chi connectivity index (χ3v) is 6.49. The molecule has 1 saturated heterocycles. The molecule has 3 heterocycles. The van der Waals surface area contributed by atoms with Gasteiger partial charge < -0.3 is 9.32 Å². The lowest BCUT2D eigenvalue weighted by Gasteiger charge is -2.43. The van der Waals surface area contributed by atoms with Gasteiger partial charge in [0.2, 0.25) is 0 Å². The molecule has 5 rings (SSSR count). The van der Waals surface area contributed by atoms with Gasteiger partial charge >= 0.3 is 6.01 Å². The second kappa shape index (κ2) is 8.00. The summed E-state index contributed by atoms with van der Waals surface area (Å²) in [5.41, 5.74) is 0.561. The minimum atomic E-state index is -0.923. The predicted molar refractivity (Wildman–Crippen MR) is 124 cm³/mol. The highest BCUT2D eigenvalue weighted by molar-refractivity contribution is 7.81. The topological polar surface area (TPSA) is 115 Å². The Morgan fingerprint density at radius 2 is 2.09 bits per heavy atom. The third kappa shape index (κ3) is 3.22. The fourth-order valence-corrected chi connectivity index (χ4v) is 4.75. The van der Waals surface area contributed by atoms with Gasteiger partial charge in [0, 0.05) is 5.69 Å². The molecule has 2 amide bonds. The highest BCUT2D eigenvalue weighted by atomic mass is 32.1. The van der Waals surface area contributed by atoms with Crippen molar-refractivity contribution >= 4 is 46.5 Å². The first-order valence-corrected chi connectivity index (χ1v) is 10.8. The number of anilines is 3. The molecule has 2 aliphatic rings. The number of aryl methyl sites for hydroxylation is 1. The molecule has 0 radical (unpaired) electrons. The van der Waals surface area contributed by atoms with E-state index in [9.17, 15) is 9.59 Å². The molecular formula is C23H17FN6O3S. The minimum Gasteiger partial charge on any atom is -0.432 e. The van der Waals surface area contributed by atoms with E-state index in [4.69, 9.17) is 21.9 Å². The van der Waals surface area contributed by atoms with Crippen LogP contribution >= 0.6 is 12.2 Å². The molecule has 1 aromatic carbocycles. The molecule has 170 valence electrons. The van der Waals surface area contributed by atoms with Crippen molar-refractivity contribution in [3.8, 4) is 6.07 Å². The van der Waals surface area contributed by atoms with Crippen LogP contribution in [0.3, 0.4) is 0 Å². The Hall–Kier alpha value is -4.17. The Morgan fingerprint density at radius 1 is 1.29 bits per heavy atom. The molecule has 0 bridgehead atoms. The summed E-state index contributed by atoms with van der Waals surface area (Å²) >= 11 is 5.68. The van der Waals surface area contributed by atoms with Crippen LogP contribution in [-0.4, -0.2) is 32.4 Å². The number of nitrogens with one attached hydrogen (secondary N) is 1. The van der Waals surface area contributed by atoms with Crippen LogP contribution in [0.25, 0.3) is 0 Å². The minimum absolute atomic E-state index is 0.0461. The smallest absolute Gasteiger partial charge is 0.301 e. The van der Waals surface area contributed by atoms with Crippen molar-refractivity contribution in [1.29, 1.82) is 5.26 Å². The van der Waals surface area contributed by atoms with E-state index in [-0.39, 0.29) is 28.3 Å². The normalized spacial score (nSPS) is 16.5. The molecule has 3 aromatic rings. The van der Waals surface area contributed by atoms with Gasteiger partial charge in [0.05, 0.1) is 23.6 Å². The molecule has 1 aliphatic heterocycles. The Morgan fingerprint density at radius 3 is 2.68 bits per heavy atom. The van der Waals surface area contributed by atoms with Gasteiger partial charge in [-0.2, -0.15) is 5.26 Å². The molecule has 1 N–H and O–H groups in total. The van der Waals surface area contributed by atoms with Crippen molar-refractivity contribution in [2.45, 2.75) is 31.7 Å². The fourth-order valence-electron chi connectivity index (χ4n) is 4.28. The average Bonchev–Trinajstić information content (AvgIpc) is 3.36. The highest BCUT2D eigenvalue weighted by Gasteiger charge is 2.59. The number of hydrogen-bond acceptors (Lipinski definition) is 7. The third-order valence-electron chi connectivity index (χ3n) is 6.13. The number of thiocarbonyl (C=S) groups is 1. The Kier molecular flexibility index (Phi) is 5.10. The average molecular weight is 476 g/mol. The van der Waals surface area contributed by atoms with Crippen LogP contribution in [0.15, 0.2) is 47.3 Å². The lowest BCUT2D eigenvalue weighted by atomic mass is 9.75. The van der Waals surface area contributed by atoms with Gasteiger partial charge in [0.25, 0.3) is 11.8 Å². The van der Waals surface area contributed by atoms with Crippen molar-refractivity contribution < 1.29 is 18.4 Å². The van der Waals surface area contributed by atoms with Crippen molar-refractivity contribution in [1.82, 2.24) is 9.97 Å². The zero-order chi connectivity index (χ0) is 24.0. The van der Waals surface area contributed by atoms with Crippen LogP contribution in [0.5, 0.6) is 0 Å². The molecule has 0 atom stereocenters. The first-order valence-electron chi connectivity index (χ1n) is 10.4. The molecule has 2 aromatic heterocycles. The summed E-state index contributed by atoms with van der Waals surface area (Å²) in [5, 5.41) is 11.7. The molecule has 11 heteroatoms. The second-order valence-corrected chi connectivity index (χ2v) is 8.44. The Bertz CT molecular complexity index is 1380. The maximum Gasteiger partial charge on any atom is 0.301 e. The van der Waals surface area contributed by atoms with Gasteiger partial charge in [-0.1, -0.05) is 0 Å². The Balaban J connectivity index is 1.49. The molecular weight excluding hydrogens is 459 g/mol. The molecule has 34 heavy (non-hydrogen) atoms. The zero-order valence-corrected chi connectivity index (χ0v) is 18.7. The van der Waals surface area contributed by atoms with E-state index in [1.807, 2.05) is 6.07 Å². The highest BCUT2D eigenvalue weighted by Crippen LogP contribution is 2.48. The van der Waals surface area contributed by atoms with Crippen LogP contribution in [0, 0.1) is 24.1 Å². The summed E-state index contributed by atoms with van der Waals surface area (Å²) in [6.07, 6.45) is 6.01. The molecule has 1 aliphatic carbocycles. The van der Waals surface area contributed by atoms with Crippen molar-refractivity contribution in [2.24, 2.45) is 0 Å². The number of nitrogens with zero attached hydrogens (tertiary/aromatic N) is 5. The molecule has 1 saturated carbocycles. The van der Waals surface area contributed by atoms with Crippen molar-refractivity contribution in [3.05, 3.63) is 65.6 Å². The van der Waals surface area contributed by atoms with Crippen molar-refractivity contribution in [2.75, 3.05) is 15.1 Å². The fraction of sp³-hybridized carbons (Fsp3) is 0.217. The van der Waals surface area contributed by atoms with E-state index in [2.05, 4.69) is 15.3 Å². The number of aromatic nitrogens is 2. The summed E-state index contributed by atoms with van der Waals surface area (Å²) in [7, 11) is 0. The van der Waals surface area contributed by atoms with E-state index in [0.717, 1.165) is 6.42 Å². The summed E-state index contributed by atoms with van der Waals surface area (Å²) < 4.78 is 20.0. The van der Waals surface area contributed by atoms with E-state index in [1.165, 1.54) is 35.7 Å². The van der Waals surface area contributed by atoms with E-state index in [1.54, 1.807) is 24.0 Å².